The summed E-state index contributed by atoms with van der Waals surface area (Å²) >= 11 is 0. The molecule has 1 aliphatic rings. The van der Waals surface area contributed by atoms with Gasteiger partial charge < -0.3 is 9.88 Å². The van der Waals surface area contributed by atoms with Gasteiger partial charge in [0.05, 0.1) is 0 Å². The maximum atomic E-state index is 4.46. The highest BCUT2D eigenvalue weighted by Crippen LogP contribution is 2.32. The summed E-state index contributed by atoms with van der Waals surface area (Å²) in [6.45, 7) is 6.94. The van der Waals surface area contributed by atoms with Gasteiger partial charge in [-0.3, -0.25) is 0 Å². The molecule has 0 bridgehead atoms. The van der Waals surface area contributed by atoms with E-state index < -0.39 is 0 Å². The van der Waals surface area contributed by atoms with Crippen molar-refractivity contribution in [3.8, 4) is 0 Å². The molecule has 2 rings (SSSR count). The van der Waals surface area contributed by atoms with Crippen LogP contribution in [0.3, 0.4) is 0 Å². The van der Waals surface area contributed by atoms with E-state index in [-0.39, 0.29) is 0 Å². The van der Waals surface area contributed by atoms with Crippen molar-refractivity contribution in [3.63, 3.8) is 0 Å². The van der Waals surface area contributed by atoms with Gasteiger partial charge in [-0.25, -0.2) is 4.98 Å². The minimum absolute atomic E-state index is 0.754. The van der Waals surface area contributed by atoms with Crippen LogP contribution in [0.1, 0.15) is 51.8 Å². The maximum Gasteiger partial charge on any atom is 0.108 e. The van der Waals surface area contributed by atoms with Gasteiger partial charge in [0, 0.05) is 25.9 Å². The second kappa shape index (κ2) is 7.82. The molecule has 0 amide bonds. The Hall–Kier alpha value is -0.830. The molecule has 114 valence electrons. The minimum Gasteiger partial charge on any atom is -0.338 e. The summed E-state index contributed by atoms with van der Waals surface area (Å²) in [5, 5.41) is 3.67. The van der Waals surface area contributed by atoms with Crippen molar-refractivity contribution < 1.29 is 0 Å². The summed E-state index contributed by atoms with van der Waals surface area (Å²) in [7, 11) is 2.10. The molecule has 0 radical (unpaired) electrons. The van der Waals surface area contributed by atoms with Gasteiger partial charge in [0.25, 0.3) is 0 Å². The summed E-state index contributed by atoms with van der Waals surface area (Å²) in [5.41, 5.74) is 0. The predicted molar refractivity (Wildman–Crippen MR) is 84.7 cm³/mol. The lowest BCUT2D eigenvalue weighted by Gasteiger charge is -2.32. The standard InChI is InChI=1S/C17H31N3/c1-14(2)12-18-13-16-7-5-4-6-15(16)8-9-17-19-10-11-20(17)3/h10-11,14-16,18H,4-9,12-13H2,1-3H3. The smallest absolute Gasteiger partial charge is 0.108 e. The molecular weight excluding hydrogens is 246 g/mol. The quantitative estimate of drug-likeness (QED) is 0.828. The number of aromatic nitrogens is 2. The number of aryl methyl sites for hydroxylation is 2. The highest BCUT2D eigenvalue weighted by molar-refractivity contribution is 4.92. The molecule has 0 saturated heterocycles. The molecule has 1 heterocycles. The number of nitrogens with zero attached hydrogens (tertiary/aromatic N) is 2. The molecule has 1 aliphatic carbocycles. The van der Waals surface area contributed by atoms with Crippen molar-refractivity contribution in [2.24, 2.45) is 24.8 Å². The molecule has 1 N–H and O–H groups in total. The Morgan fingerprint density at radius 1 is 1.30 bits per heavy atom. The number of hydrogen-bond acceptors (Lipinski definition) is 2. The lowest BCUT2D eigenvalue weighted by molar-refractivity contribution is 0.215. The predicted octanol–water partition coefficient (Wildman–Crippen LogP) is 3.40. The van der Waals surface area contributed by atoms with E-state index >= 15 is 0 Å². The lowest BCUT2D eigenvalue weighted by atomic mass is 9.77. The van der Waals surface area contributed by atoms with Crippen molar-refractivity contribution in [2.45, 2.75) is 52.4 Å². The van der Waals surface area contributed by atoms with E-state index in [0.717, 1.165) is 30.7 Å². The highest BCUT2D eigenvalue weighted by atomic mass is 15.0. The first kappa shape index (κ1) is 15.6. The van der Waals surface area contributed by atoms with Gasteiger partial charge in [-0.2, -0.15) is 0 Å². The molecular formula is C17H31N3. The fourth-order valence-corrected chi connectivity index (χ4v) is 3.44. The Kier molecular flexibility index (Phi) is 6.08. The van der Waals surface area contributed by atoms with E-state index in [9.17, 15) is 0 Å². The highest BCUT2D eigenvalue weighted by Gasteiger charge is 2.24. The van der Waals surface area contributed by atoms with E-state index in [1.807, 2.05) is 6.20 Å². The van der Waals surface area contributed by atoms with Gasteiger partial charge in [0.1, 0.15) is 5.82 Å². The van der Waals surface area contributed by atoms with Crippen LogP contribution in [0.4, 0.5) is 0 Å². The molecule has 3 nitrogen and oxygen atoms in total. The Morgan fingerprint density at radius 3 is 2.70 bits per heavy atom. The summed E-state index contributed by atoms with van der Waals surface area (Å²) in [4.78, 5) is 4.46. The third-order valence-corrected chi connectivity index (χ3v) is 4.69. The van der Waals surface area contributed by atoms with Gasteiger partial charge in [-0.1, -0.05) is 33.1 Å². The molecule has 1 saturated carbocycles. The average Bonchev–Trinajstić information content (AvgIpc) is 2.83. The summed E-state index contributed by atoms with van der Waals surface area (Å²) in [5.74, 6) is 3.76. The van der Waals surface area contributed by atoms with E-state index in [1.54, 1.807) is 0 Å². The zero-order valence-corrected chi connectivity index (χ0v) is 13.4. The van der Waals surface area contributed by atoms with Crippen LogP contribution in [-0.2, 0) is 13.5 Å². The summed E-state index contributed by atoms with van der Waals surface area (Å²) in [6.07, 6.45) is 12.1. The van der Waals surface area contributed by atoms with Gasteiger partial charge in [0.2, 0.25) is 0 Å². The molecule has 3 heteroatoms. The minimum atomic E-state index is 0.754. The van der Waals surface area contributed by atoms with Crippen molar-refractivity contribution in [2.75, 3.05) is 13.1 Å². The zero-order valence-electron chi connectivity index (χ0n) is 13.4. The van der Waals surface area contributed by atoms with E-state index in [4.69, 9.17) is 0 Å². The second-order valence-corrected chi connectivity index (χ2v) is 6.85. The molecule has 20 heavy (non-hydrogen) atoms. The van der Waals surface area contributed by atoms with Crippen LogP contribution in [0.5, 0.6) is 0 Å². The second-order valence-electron chi connectivity index (χ2n) is 6.85. The van der Waals surface area contributed by atoms with Crippen LogP contribution < -0.4 is 5.32 Å². The van der Waals surface area contributed by atoms with E-state index in [1.165, 1.54) is 44.5 Å². The number of rotatable bonds is 7. The van der Waals surface area contributed by atoms with Crippen LogP contribution in [0.2, 0.25) is 0 Å². The summed E-state index contributed by atoms with van der Waals surface area (Å²) in [6, 6.07) is 0. The van der Waals surface area contributed by atoms with Crippen LogP contribution in [-0.4, -0.2) is 22.6 Å². The molecule has 0 aliphatic heterocycles. The average molecular weight is 277 g/mol. The van der Waals surface area contributed by atoms with Crippen LogP contribution in [0.15, 0.2) is 12.4 Å². The Bertz CT molecular complexity index is 383. The zero-order chi connectivity index (χ0) is 14.4. The largest absolute Gasteiger partial charge is 0.338 e. The first-order chi connectivity index (χ1) is 9.66. The van der Waals surface area contributed by atoms with E-state index in [2.05, 4.69) is 42.0 Å². The molecule has 1 aromatic heterocycles. The van der Waals surface area contributed by atoms with Gasteiger partial charge in [-0.05, 0) is 43.7 Å². The molecule has 0 spiro atoms. The van der Waals surface area contributed by atoms with Gasteiger partial charge >= 0.3 is 0 Å². The molecule has 2 unspecified atom stereocenters. The first-order valence-corrected chi connectivity index (χ1v) is 8.33. The van der Waals surface area contributed by atoms with Crippen molar-refractivity contribution in [3.05, 3.63) is 18.2 Å². The molecule has 2 atom stereocenters. The monoisotopic (exact) mass is 277 g/mol. The van der Waals surface area contributed by atoms with Gasteiger partial charge in [-0.15, -0.1) is 0 Å². The van der Waals surface area contributed by atoms with Crippen LogP contribution in [0, 0.1) is 17.8 Å². The van der Waals surface area contributed by atoms with Gasteiger partial charge in [0.15, 0.2) is 0 Å². The Morgan fingerprint density at radius 2 is 2.05 bits per heavy atom. The van der Waals surface area contributed by atoms with Crippen molar-refractivity contribution in [1.82, 2.24) is 14.9 Å². The third kappa shape index (κ3) is 4.62. The van der Waals surface area contributed by atoms with Crippen molar-refractivity contribution in [1.29, 1.82) is 0 Å². The first-order valence-electron chi connectivity index (χ1n) is 8.33. The fraction of sp³-hybridized carbons (Fsp3) is 0.824. The number of hydrogen-bond donors (Lipinski definition) is 1. The molecule has 1 aromatic rings. The maximum absolute atomic E-state index is 4.46. The molecule has 1 fully saturated rings. The van der Waals surface area contributed by atoms with Crippen molar-refractivity contribution >= 4 is 0 Å². The van der Waals surface area contributed by atoms with Crippen LogP contribution in [0.25, 0.3) is 0 Å². The Balaban J connectivity index is 1.79. The molecule has 0 aromatic carbocycles. The van der Waals surface area contributed by atoms with Crippen LogP contribution >= 0.6 is 0 Å². The normalized spacial score (nSPS) is 23.4. The SMILES string of the molecule is CC(C)CNCC1CCCCC1CCc1nccn1C. The summed E-state index contributed by atoms with van der Waals surface area (Å²) < 4.78 is 2.16. The number of imidazole rings is 1. The third-order valence-electron chi connectivity index (χ3n) is 4.69. The lowest BCUT2D eigenvalue weighted by Crippen LogP contribution is -2.32. The van der Waals surface area contributed by atoms with E-state index in [0.29, 0.717) is 0 Å². The fourth-order valence-electron chi connectivity index (χ4n) is 3.44. The Labute approximate surface area is 124 Å². The number of nitrogens with one attached hydrogen (secondary N) is 1. The topological polar surface area (TPSA) is 29.9 Å².